The minimum absolute atomic E-state index is 0.738. The van der Waals surface area contributed by atoms with Crippen LogP contribution in [0.3, 0.4) is 0 Å². The van der Waals surface area contributed by atoms with E-state index >= 15 is 0 Å². The Morgan fingerprint density at radius 3 is 2.83 bits per heavy atom. The largest absolute Gasteiger partial charge is 0.262 e. The van der Waals surface area contributed by atoms with Crippen LogP contribution in [0.4, 0.5) is 5.69 Å². The molecule has 0 unspecified atom stereocenters. The zero-order valence-corrected chi connectivity index (χ0v) is 7.46. The van der Waals surface area contributed by atoms with Crippen LogP contribution in [0, 0.1) is 0 Å². The Labute approximate surface area is 72.0 Å². The van der Waals surface area contributed by atoms with Crippen molar-refractivity contribution in [3.63, 3.8) is 0 Å². The fourth-order valence-corrected chi connectivity index (χ4v) is 2.54. The average Bonchev–Trinajstić information content (AvgIpc) is 2.04. The summed E-state index contributed by atoms with van der Waals surface area (Å²) in [5, 5.41) is 0. The van der Waals surface area contributed by atoms with Gasteiger partial charge in [-0.2, -0.15) is 4.36 Å². The summed E-state index contributed by atoms with van der Waals surface area (Å²) in [6.07, 6.45) is 4.38. The molecule has 0 N–H and O–H groups in total. The highest BCUT2D eigenvalue weighted by Crippen LogP contribution is 2.19. The molecule has 1 saturated heterocycles. The van der Waals surface area contributed by atoms with Gasteiger partial charge in [-0.3, -0.25) is 4.98 Å². The molecule has 1 aliphatic heterocycles. The minimum Gasteiger partial charge on any atom is -0.262 e. The summed E-state index contributed by atoms with van der Waals surface area (Å²) in [7, 11) is -1.86. The van der Waals surface area contributed by atoms with E-state index in [4.69, 9.17) is 0 Å². The van der Waals surface area contributed by atoms with Crippen molar-refractivity contribution in [3.8, 4) is 0 Å². The molecule has 0 radical (unpaired) electrons. The summed E-state index contributed by atoms with van der Waals surface area (Å²) in [4.78, 5) is 3.91. The Hall–Kier alpha value is -0.900. The predicted molar refractivity (Wildman–Crippen MR) is 48.8 cm³/mol. The van der Waals surface area contributed by atoms with Crippen molar-refractivity contribution in [3.05, 3.63) is 24.5 Å². The molecule has 0 atom stereocenters. The zero-order chi connectivity index (χ0) is 8.44. The number of nitrogens with zero attached hydrogens (tertiary/aromatic N) is 2. The van der Waals surface area contributed by atoms with Gasteiger partial charge in [0, 0.05) is 17.7 Å². The normalized spacial score (nSPS) is 19.7. The number of rotatable bonds is 1. The van der Waals surface area contributed by atoms with Gasteiger partial charge in [0.25, 0.3) is 0 Å². The molecule has 1 aliphatic rings. The van der Waals surface area contributed by atoms with Crippen molar-refractivity contribution in [2.45, 2.75) is 6.42 Å². The van der Waals surface area contributed by atoms with Crippen LogP contribution in [-0.2, 0) is 9.73 Å². The summed E-state index contributed by atoms with van der Waals surface area (Å²) < 4.78 is 15.8. The van der Waals surface area contributed by atoms with E-state index in [0.717, 1.165) is 23.6 Å². The number of hydrogen-bond donors (Lipinski definition) is 0. The van der Waals surface area contributed by atoms with Crippen LogP contribution in [0.15, 0.2) is 28.9 Å². The second-order valence-electron chi connectivity index (χ2n) is 2.84. The van der Waals surface area contributed by atoms with Gasteiger partial charge in [0.1, 0.15) is 0 Å². The van der Waals surface area contributed by atoms with Crippen molar-refractivity contribution >= 4 is 15.4 Å². The Morgan fingerprint density at radius 1 is 1.50 bits per heavy atom. The first-order chi connectivity index (χ1) is 5.79. The molecule has 64 valence electrons. The highest BCUT2D eigenvalue weighted by Gasteiger charge is 2.18. The minimum atomic E-state index is -1.86. The second kappa shape index (κ2) is 2.86. The van der Waals surface area contributed by atoms with Gasteiger partial charge < -0.3 is 0 Å². The summed E-state index contributed by atoms with van der Waals surface area (Å²) >= 11 is 0. The first-order valence-electron chi connectivity index (χ1n) is 3.91. The van der Waals surface area contributed by atoms with Crippen LogP contribution in [0.5, 0.6) is 0 Å². The molecule has 2 heterocycles. The first-order valence-corrected chi connectivity index (χ1v) is 5.76. The molecule has 0 aromatic carbocycles. The van der Waals surface area contributed by atoms with E-state index in [2.05, 4.69) is 9.35 Å². The van der Waals surface area contributed by atoms with Gasteiger partial charge in [-0.1, -0.05) is 0 Å². The van der Waals surface area contributed by atoms with Crippen molar-refractivity contribution in [2.75, 3.05) is 11.5 Å². The maximum absolute atomic E-state index is 11.6. The third-order valence-electron chi connectivity index (χ3n) is 1.84. The lowest BCUT2D eigenvalue weighted by Gasteiger charge is -2.17. The van der Waals surface area contributed by atoms with Gasteiger partial charge in [0.05, 0.1) is 21.6 Å². The Morgan fingerprint density at radius 2 is 2.33 bits per heavy atom. The highest BCUT2D eigenvalue weighted by molar-refractivity contribution is 7.95. The van der Waals surface area contributed by atoms with Gasteiger partial charge in [0.2, 0.25) is 0 Å². The first kappa shape index (κ1) is 7.73. The van der Waals surface area contributed by atoms with Gasteiger partial charge in [0.15, 0.2) is 0 Å². The number of aromatic nitrogens is 1. The highest BCUT2D eigenvalue weighted by atomic mass is 32.2. The number of pyridine rings is 1. The molecule has 0 amide bonds. The molecule has 0 spiro atoms. The van der Waals surface area contributed by atoms with E-state index in [-0.39, 0.29) is 0 Å². The third kappa shape index (κ3) is 1.48. The summed E-state index contributed by atoms with van der Waals surface area (Å²) in [6, 6.07) is 3.64. The van der Waals surface area contributed by atoms with E-state index < -0.39 is 9.73 Å². The van der Waals surface area contributed by atoms with Gasteiger partial charge in [-0.05, 0) is 18.6 Å². The SMILES string of the molecule is O=S1(=Nc2cccnc2)CCC1. The van der Waals surface area contributed by atoms with Crippen molar-refractivity contribution in [1.82, 2.24) is 4.98 Å². The van der Waals surface area contributed by atoms with Gasteiger partial charge in [-0.25, -0.2) is 4.21 Å². The topological polar surface area (TPSA) is 42.3 Å². The van der Waals surface area contributed by atoms with Gasteiger partial charge in [-0.15, -0.1) is 0 Å². The second-order valence-corrected chi connectivity index (χ2v) is 5.38. The Bertz CT molecular complexity index is 369. The maximum Gasteiger partial charge on any atom is 0.0913 e. The quantitative estimate of drug-likeness (QED) is 0.661. The predicted octanol–water partition coefficient (Wildman–Crippen LogP) is 1.58. The zero-order valence-electron chi connectivity index (χ0n) is 6.64. The van der Waals surface area contributed by atoms with Crippen LogP contribution in [0.2, 0.25) is 0 Å². The molecule has 1 aromatic rings. The maximum atomic E-state index is 11.6. The van der Waals surface area contributed by atoms with Crippen LogP contribution in [0.25, 0.3) is 0 Å². The molecule has 2 rings (SSSR count). The smallest absolute Gasteiger partial charge is 0.0913 e. The third-order valence-corrected chi connectivity index (χ3v) is 4.24. The van der Waals surface area contributed by atoms with E-state index in [0.29, 0.717) is 0 Å². The molecule has 1 fully saturated rings. The Kier molecular flexibility index (Phi) is 1.84. The fourth-order valence-electron chi connectivity index (χ4n) is 1.08. The molecule has 12 heavy (non-hydrogen) atoms. The summed E-state index contributed by atoms with van der Waals surface area (Å²) in [6.45, 7) is 0. The lowest BCUT2D eigenvalue weighted by Crippen LogP contribution is -2.22. The number of hydrogen-bond acceptors (Lipinski definition) is 3. The van der Waals surface area contributed by atoms with E-state index in [9.17, 15) is 4.21 Å². The van der Waals surface area contributed by atoms with Crippen molar-refractivity contribution < 1.29 is 4.21 Å². The summed E-state index contributed by atoms with van der Waals surface area (Å²) in [5.74, 6) is 1.50. The molecule has 0 saturated carbocycles. The average molecular weight is 182 g/mol. The molecule has 1 aromatic heterocycles. The van der Waals surface area contributed by atoms with E-state index in [1.54, 1.807) is 18.5 Å². The lowest BCUT2D eigenvalue weighted by atomic mass is 10.4. The van der Waals surface area contributed by atoms with Crippen LogP contribution >= 0.6 is 0 Å². The standard InChI is InChI=1S/C8H10N2OS/c11-12(5-2-6-12)10-8-3-1-4-9-7-8/h1,3-4,7H,2,5-6H2. The van der Waals surface area contributed by atoms with Crippen molar-refractivity contribution in [1.29, 1.82) is 0 Å². The van der Waals surface area contributed by atoms with Crippen molar-refractivity contribution in [2.24, 2.45) is 4.36 Å². The van der Waals surface area contributed by atoms with Crippen LogP contribution in [0.1, 0.15) is 6.42 Å². The van der Waals surface area contributed by atoms with Crippen LogP contribution in [-0.4, -0.2) is 20.7 Å². The lowest BCUT2D eigenvalue weighted by molar-refractivity contribution is 0.663. The van der Waals surface area contributed by atoms with Gasteiger partial charge >= 0.3 is 0 Å². The Balaban J connectivity index is 2.35. The molecule has 0 aliphatic carbocycles. The molecule has 0 bridgehead atoms. The molecule has 3 nitrogen and oxygen atoms in total. The molecular formula is C8H10N2OS. The monoisotopic (exact) mass is 182 g/mol. The molecular weight excluding hydrogens is 172 g/mol. The van der Waals surface area contributed by atoms with E-state index in [1.807, 2.05) is 6.07 Å². The van der Waals surface area contributed by atoms with Crippen LogP contribution < -0.4 is 0 Å². The fraction of sp³-hybridized carbons (Fsp3) is 0.375. The van der Waals surface area contributed by atoms with E-state index in [1.165, 1.54) is 0 Å². The molecule has 4 heteroatoms. The summed E-state index contributed by atoms with van der Waals surface area (Å²) in [5.41, 5.74) is 0.738.